The molecular formula is C83H158O17P2. The van der Waals surface area contributed by atoms with Gasteiger partial charge < -0.3 is 33.8 Å². The minimum atomic E-state index is -4.97. The number of ether oxygens (including phenoxy) is 4. The molecule has 17 nitrogen and oxygen atoms in total. The van der Waals surface area contributed by atoms with Gasteiger partial charge in [-0.05, 0) is 77.0 Å². The van der Waals surface area contributed by atoms with Gasteiger partial charge in [0.1, 0.15) is 19.3 Å². The molecule has 0 aromatic heterocycles. The first kappa shape index (κ1) is 99.5. The van der Waals surface area contributed by atoms with Crippen LogP contribution in [0.2, 0.25) is 0 Å². The van der Waals surface area contributed by atoms with Crippen LogP contribution in [0.15, 0.2) is 24.3 Å². The third-order valence-corrected chi connectivity index (χ3v) is 20.8. The summed E-state index contributed by atoms with van der Waals surface area (Å²) in [6.07, 6.45) is 72.8. The van der Waals surface area contributed by atoms with Crippen LogP contribution in [-0.2, 0) is 65.4 Å². The molecule has 0 aliphatic rings. The number of allylic oxidation sites excluding steroid dienone is 4. The quantitative estimate of drug-likeness (QED) is 0.0169. The van der Waals surface area contributed by atoms with Gasteiger partial charge in [-0.1, -0.05) is 347 Å². The zero-order valence-electron chi connectivity index (χ0n) is 66.1. The summed E-state index contributed by atoms with van der Waals surface area (Å²) < 4.78 is 68.8. The minimum absolute atomic E-state index is 0.104. The molecule has 102 heavy (non-hydrogen) atoms. The van der Waals surface area contributed by atoms with Crippen molar-refractivity contribution in [3.05, 3.63) is 24.3 Å². The fourth-order valence-corrected chi connectivity index (χ4v) is 14.0. The van der Waals surface area contributed by atoms with Gasteiger partial charge >= 0.3 is 39.5 Å². The predicted octanol–water partition coefficient (Wildman–Crippen LogP) is 24.9. The van der Waals surface area contributed by atoms with Crippen molar-refractivity contribution in [2.75, 3.05) is 39.6 Å². The normalized spacial score (nSPS) is 13.9. The molecule has 602 valence electrons. The highest BCUT2D eigenvalue weighted by Crippen LogP contribution is 2.45. The smallest absolute Gasteiger partial charge is 0.462 e. The highest BCUT2D eigenvalue weighted by atomic mass is 31.2. The predicted molar refractivity (Wildman–Crippen MR) is 418 cm³/mol. The van der Waals surface area contributed by atoms with Gasteiger partial charge in [-0.15, -0.1) is 0 Å². The second-order valence-corrected chi connectivity index (χ2v) is 32.0. The number of carbonyl (C=O) groups excluding carboxylic acids is 4. The number of unbranched alkanes of at least 4 members (excludes halogenated alkanes) is 52. The molecule has 0 fully saturated rings. The number of carbonyl (C=O) groups is 4. The van der Waals surface area contributed by atoms with Crippen molar-refractivity contribution in [3.63, 3.8) is 0 Å². The Labute approximate surface area is 624 Å². The fraction of sp³-hybridized carbons (Fsp3) is 0.904. The molecule has 2 unspecified atom stereocenters. The number of aliphatic hydroxyl groups excluding tert-OH is 1. The zero-order chi connectivity index (χ0) is 74.6. The molecule has 3 N–H and O–H groups in total. The molecular weight excluding hydrogens is 1330 g/mol. The lowest BCUT2D eigenvalue weighted by atomic mass is 10.0. The van der Waals surface area contributed by atoms with Crippen molar-refractivity contribution >= 4 is 39.5 Å². The number of esters is 4. The Morgan fingerprint density at radius 2 is 0.451 bits per heavy atom. The summed E-state index contributed by atoms with van der Waals surface area (Å²) in [6.45, 7) is 4.99. The van der Waals surface area contributed by atoms with E-state index in [9.17, 15) is 43.2 Å². The topological polar surface area (TPSA) is 237 Å². The number of hydrogen-bond donors (Lipinski definition) is 3. The molecule has 0 saturated carbocycles. The first-order chi connectivity index (χ1) is 49.7. The van der Waals surface area contributed by atoms with Gasteiger partial charge in [0.25, 0.3) is 0 Å². The molecule has 0 rings (SSSR count). The van der Waals surface area contributed by atoms with Gasteiger partial charge in [-0.2, -0.15) is 0 Å². The summed E-state index contributed by atoms with van der Waals surface area (Å²) in [5.74, 6) is -2.13. The average Bonchev–Trinajstić information content (AvgIpc) is 0.922. The molecule has 0 aliphatic heterocycles. The third-order valence-electron chi connectivity index (χ3n) is 18.9. The summed E-state index contributed by atoms with van der Waals surface area (Å²) in [5, 5.41) is 10.7. The van der Waals surface area contributed by atoms with E-state index in [0.29, 0.717) is 25.7 Å². The third kappa shape index (κ3) is 75.8. The highest BCUT2D eigenvalue weighted by molar-refractivity contribution is 7.47. The number of aliphatic hydroxyl groups is 1. The molecule has 5 atom stereocenters. The van der Waals surface area contributed by atoms with Crippen LogP contribution >= 0.6 is 15.6 Å². The molecule has 0 spiro atoms. The van der Waals surface area contributed by atoms with E-state index in [1.165, 1.54) is 218 Å². The first-order valence-electron chi connectivity index (χ1n) is 42.6. The van der Waals surface area contributed by atoms with Gasteiger partial charge in [0, 0.05) is 25.7 Å². The number of rotatable bonds is 82. The van der Waals surface area contributed by atoms with Gasteiger partial charge in [-0.25, -0.2) is 9.13 Å². The summed E-state index contributed by atoms with van der Waals surface area (Å²) in [4.78, 5) is 73.1. The highest BCUT2D eigenvalue weighted by Gasteiger charge is 2.30. The number of phosphoric acid groups is 2. The summed E-state index contributed by atoms with van der Waals surface area (Å²) in [5.41, 5.74) is 0. The van der Waals surface area contributed by atoms with Gasteiger partial charge in [0.05, 0.1) is 26.4 Å². The summed E-state index contributed by atoms with van der Waals surface area (Å²) in [6, 6.07) is 0. The Balaban J connectivity index is 5.31. The second kappa shape index (κ2) is 76.7. The second-order valence-electron chi connectivity index (χ2n) is 29.1. The van der Waals surface area contributed by atoms with Crippen LogP contribution in [0.3, 0.4) is 0 Å². The maximum atomic E-state index is 13.1. The van der Waals surface area contributed by atoms with Gasteiger partial charge in [0.15, 0.2) is 12.2 Å². The first-order valence-corrected chi connectivity index (χ1v) is 45.6. The van der Waals surface area contributed by atoms with Crippen molar-refractivity contribution in [1.29, 1.82) is 0 Å². The molecule has 0 radical (unpaired) electrons. The van der Waals surface area contributed by atoms with Crippen molar-refractivity contribution in [1.82, 2.24) is 0 Å². The van der Waals surface area contributed by atoms with E-state index < -0.39 is 97.5 Å². The number of phosphoric ester groups is 2. The molecule has 0 bridgehead atoms. The minimum Gasteiger partial charge on any atom is -0.462 e. The van der Waals surface area contributed by atoms with Crippen molar-refractivity contribution < 1.29 is 80.2 Å². The Kier molecular flexibility index (Phi) is 74.9. The molecule has 19 heteroatoms. The molecule has 0 heterocycles. The van der Waals surface area contributed by atoms with Crippen LogP contribution in [0.4, 0.5) is 0 Å². The van der Waals surface area contributed by atoms with Gasteiger partial charge in [-0.3, -0.25) is 37.3 Å². The lowest BCUT2D eigenvalue weighted by Crippen LogP contribution is -2.30. The van der Waals surface area contributed by atoms with E-state index in [2.05, 4.69) is 52.0 Å². The van der Waals surface area contributed by atoms with E-state index in [1.54, 1.807) is 0 Å². The molecule has 0 amide bonds. The Morgan fingerprint density at radius 1 is 0.265 bits per heavy atom. The maximum Gasteiger partial charge on any atom is 0.472 e. The van der Waals surface area contributed by atoms with E-state index in [0.717, 1.165) is 128 Å². The molecule has 0 saturated heterocycles. The molecule has 0 aromatic rings. The SMILES string of the molecule is CCCCCCCC/C=C\CCCCCCCC(=O)OC[C@H](COP(=O)(O)OC[C@H](O)COP(=O)(O)OC[C@@H](COC(=O)CCCCCCC/C=C\CCCCCCCC)OC(=O)CCCCCCCCCCCCCCCCCCC)OC(=O)CCCCCCCCCCCCCCCCC. The summed E-state index contributed by atoms with van der Waals surface area (Å²) in [7, 11) is -9.94. The Morgan fingerprint density at radius 3 is 0.676 bits per heavy atom. The van der Waals surface area contributed by atoms with Crippen LogP contribution in [-0.4, -0.2) is 96.7 Å². The van der Waals surface area contributed by atoms with Gasteiger partial charge in [0.2, 0.25) is 0 Å². The summed E-state index contributed by atoms with van der Waals surface area (Å²) >= 11 is 0. The van der Waals surface area contributed by atoms with E-state index in [-0.39, 0.29) is 25.7 Å². The molecule has 0 aromatic carbocycles. The average molecular weight is 1490 g/mol. The van der Waals surface area contributed by atoms with Crippen LogP contribution in [0.1, 0.15) is 426 Å². The van der Waals surface area contributed by atoms with Crippen molar-refractivity contribution in [2.45, 2.75) is 444 Å². The van der Waals surface area contributed by atoms with Crippen LogP contribution in [0.5, 0.6) is 0 Å². The van der Waals surface area contributed by atoms with Crippen LogP contribution < -0.4 is 0 Å². The van der Waals surface area contributed by atoms with E-state index in [1.807, 2.05) is 0 Å². The standard InChI is InChI=1S/C83H158O17P2/c1-5-9-13-17-21-25-29-33-37-38-42-46-50-54-58-62-66-70-83(88)100-79(74-94-81(86)68-64-60-56-52-48-44-40-35-31-27-23-19-15-11-7-3)76-98-102(91,92)96-72-77(84)71-95-101(89,90)97-75-78(99-82(87)69-65-61-57-53-49-45-41-36-32-28-24-20-16-12-8-4)73-93-80(85)67-63-59-55-51-47-43-39-34-30-26-22-18-14-10-6-2/h34-35,39-40,77-79,84H,5-33,36-38,41-76H2,1-4H3,(H,89,90)(H,91,92)/b39-34-,40-35-/t77-,78+,79+/m0/s1. The van der Waals surface area contributed by atoms with Crippen molar-refractivity contribution in [2.24, 2.45) is 0 Å². The maximum absolute atomic E-state index is 13.1. The zero-order valence-corrected chi connectivity index (χ0v) is 67.9. The largest absolute Gasteiger partial charge is 0.472 e. The van der Waals surface area contributed by atoms with E-state index in [4.69, 9.17) is 37.0 Å². The lowest BCUT2D eigenvalue weighted by Gasteiger charge is -2.21. The number of hydrogen-bond acceptors (Lipinski definition) is 15. The van der Waals surface area contributed by atoms with E-state index >= 15 is 0 Å². The Hall–Kier alpha value is -2.46. The fourth-order valence-electron chi connectivity index (χ4n) is 12.4. The molecule has 0 aliphatic carbocycles. The monoisotopic (exact) mass is 1490 g/mol. The van der Waals surface area contributed by atoms with Crippen LogP contribution in [0.25, 0.3) is 0 Å². The van der Waals surface area contributed by atoms with Crippen molar-refractivity contribution in [3.8, 4) is 0 Å². The van der Waals surface area contributed by atoms with Crippen LogP contribution in [0, 0.1) is 0 Å². The Bertz CT molecular complexity index is 2020. The lowest BCUT2D eigenvalue weighted by molar-refractivity contribution is -0.161.